The van der Waals surface area contributed by atoms with Crippen molar-refractivity contribution in [3.63, 3.8) is 0 Å². The first-order valence-electron chi connectivity index (χ1n) is 5.19. The third-order valence-corrected chi connectivity index (χ3v) is 6.27. The van der Waals surface area contributed by atoms with Gasteiger partial charge >= 0.3 is 14.7 Å². The molecule has 1 heterocycles. The number of hydrogen-bond donors (Lipinski definition) is 0. The minimum Gasteiger partial charge on any atom is -0.465 e. The van der Waals surface area contributed by atoms with Crippen molar-refractivity contribution in [3.05, 3.63) is 0 Å². The lowest BCUT2D eigenvalue weighted by atomic mass is 10.5. The third-order valence-electron chi connectivity index (χ3n) is 2.67. The van der Waals surface area contributed by atoms with Crippen molar-refractivity contribution in [3.8, 4) is 0 Å². The van der Waals surface area contributed by atoms with E-state index in [4.69, 9.17) is 13.6 Å². The average Bonchev–Trinajstić information content (AvgIpc) is 2.62. The largest absolute Gasteiger partial charge is 0.465 e. The molecule has 0 aromatic rings. The molecule has 0 aliphatic carbocycles. The van der Waals surface area contributed by atoms with Crippen molar-refractivity contribution >= 4 is 14.7 Å². The summed E-state index contributed by atoms with van der Waals surface area (Å²) >= 11 is 0. The molecule has 0 saturated carbocycles. The number of nitrogens with zero attached hydrogens (tertiary/aromatic N) is 1. The molecule has 15 heavy (non-hydrogen) atoms. The molecule has 1 aliphatic heterocycles. The Hall–Kier alpha value is -0.433. The Morgan fingerprint density at radius 3 is 2.60 bits per heavy atom. The second kappa shape index (κ2) is 5.60. The summed E-state index contributed by atoms with van der Waals surface area (Å²) in [5, 5.41) is 0. The second-order valence-corrected chi connectivity index (χ2v) is 6.83. The van der Waals surface area contributed by atoms with E-state index < -0.39 is 8.72 Å². The van der Waals surface area contributed by atoms with Crippen molar-refractivity contribution in [1.29, 1.82) is 0 Å². The minimum absolute atomic E-state index is 0.203. The van der Waals surface area contributed by atoms with Gasteiger partial charge in [0.05, 0.1) is 13.2 Å². The van der Waals surface area contributed by atoms with Gasteiger partial charge in [-0.25, -0.2) is 0 Å². The van der Waals surface area contributed by atoms with Gasteiger partial charge in [0.1, 0.15) is 0 Å². The van der Waals surface area contributed by atoms with Gasteiger partial charge in [-0.3, -0.25) is 9.36 Å². The lowest BCUT2D eigenvalue weighted by Crippen LogP contribution is -2.54. The molecule has 88 valence electrons. The van der Waals surface area contributed by atoms with E-state index in [9.17, 15) is 4.79 Å². The van der Waals surface area contributed by atoms with E-state index >= 15 is 0 Å². The van der Waals surface area contributed by atoms with E-state index in [-0.39, 0.29) is 12.5 Å². The quantitative estimate of drug-likeness (QED) is 0.511. The van der Waals surface area contributed by atoms with E-state index in [1.807, 2.05) is 4.57 Å². The highest BCUT2D eigenvalue weighted by molar-refractivity contribution is 6.65. The van der Waals surface area contributed by atoms with Crippen LogP contribution in [-0.2, 0) is 18.4 Å². The fourth-order valence-electron chi connectivity index (χ4n) is 1.93. The van der Waals surface area contributed by atoms with Crippen molar-refractivity contribution in [2.75, 3.05) is 33.9 Å². The van der Waals surface area contributed by atoms with E-state index in [1.165, 1.54) is 0 Å². The minimum atomic E-state index is -2.27. The predicted molar refractivity (Wildman–Crippen MR) is 57.4 cm³/mol. The zero-order valence-corrected chi connectivity index (χ0v) is 10.6. The first-order chi connectivity index (χ1) is 7.18. The Balaban J connectivity index is 2.56. The summed E-state index contributed by atoms with van der Waals surface area (Å²) in [6.45, 7) is 3.36. The molecule has 0 unspecified atom stereocenters. The molecular formula is C9H19NO4Si. The van der Waals surface area contributed by atoms with E-state index in [0.29, 0.717) is 6.61 Å². The Morgan fingerprint density at radius 1 is 1.40 bits per heavy atom. The Kier molecular flexibility index (Phi) is 4.71. The number of hydrogen-bond acceptors (Lipinski definition) is 5. The number of rotatable bonds is 5. The average molecular weight is 233 g/mol. The standard InChI is InChI=1S/C9H19NO4Si/c1-4-14-9(11)8-10-6-5-7-15(10,12-2)13-3/h4-8H2,1-3H3. The fraction of sp³-hybridized carbons (Fsp3) is 0.889. The molecule has 0 amide bonds. The molecule has 1 aliphatic rings. The third kappa shape index (κ3) is 2.78. The summed E-state index contributed by atoms with van der Waals surface area (Å²) in [6.07, 6.45) is 1.02. The highest BCUT2D eigenvalue weighted by Gasteiger charge is 2.48. The van der Waals surface area contributed by atoms with Crippen LogP contribution in [0.15, 0.2) is 0 Å². The zero-order chi connectivity index (χ0) is 11.3. The smallest absolute Gasteiger partial charge is 0.427 e. The molecule has 0 aromatic carbocycles. The number of carbonyl (C=O) groups excluding carboxylic acids is 1. The van der Waals surface area contributed by atoms with Gasteiger partial charge in [0, 0.05) is 20.3 Å². The lowest BCUT2D eigenvalue weighted by molar-refractivity contribution is -0.143. The van der Waals surface area contributed by atoms with E-state index in [1.54, 1.807) is 21.1 Å². The monoisotopic (exact) mass is 233 g/mol. The van der Waals surface area contributed by atoms with Crippen molar-refractivity contribution in [1.82, 2.24) is 4.57 Å². The van der Waals surface area contributed by atoms with Crippen LogP contribution in [0.3, 0.4) is 0 Å². The highest BCUT2D eigenvalue weighted by atomic mass is 28.4. The van der Waals surface area contributed by atoms with Crippen LogP contribution in [-0.4, -0.2) is 53.2 Å². The Labute approximate surface area is 91.6 Å². The molecular weight excluding hydrogens is 214 g/mol. The van der Waals surface area contributed by atoms with Crippen LogP contribution in [0, 0.1) is 0 Å². The maximum Gasteiger partial charge on any atom is 0.427 e. The van der Waals surface area contributed by atoms with Gasteiger partial charge in [0.25, 0.3) is 0 Å². The summed E-state index contributed by atoms with van der Waals surface area (Å²) in [5.74, 6) is -0.203. The van der Waals surface area contributed by atoms with Crippen LogP contribution in [0.1, 0.15) is 13.3 Å². The maximum absolute atomic E-state index is 11.4. The van der Waals surface area contributed by atoms with Gasteiger partial charge in [-0.15, -0.1) is 0 Å². The Bertz CT molecular complexity index is 220. The summed E-state index contributed by atoms with van der Waals surface area (Å²) in [7, 11) is 1.03. The Morgan fingerprint density at radius 2 is 2.07 bits per heavy atom. The van der Waals surface area contributed by atoms with Crippen LogP contribution in [0.5, 0.6) is 0 Å². The topological polar surface area (TPSA) is 48.0 Å². The molecule has 0 spiro atoms. The van der Waals surface area contributed by atoms with Crippen molar-refractivity contribution in [2.24, 2.45) is 0 Å². The van der Waals surface area contributed by atoms with Gasteiger partial charge in [0.2, 0.25) is 0 Å². The van der Waals surface area contributed by atoms with Crippen molar-refractivity contribution < 1.29 is 18.4 Å². The molecule has 0 radical (unpaired) electrons. The van der Waals surface area contributed by atoms with Gasteiger partial charge in [-0.2, -0.15) is 0 Å². The van der Waals surface area contributed by atoms with Crippen LogP contribution in [0.4, 0.5) is 0 Å². The summed E-state index contributed by atoms with van der Waals surface area (Å²) in [4.78, 5) is 11.4. The van der Waals surface area contributed by atoms with Crippen LogP contribution in [0.2, 0.25) is 6.04 Å². The molecule has 1 fully saturated rings. The fourth-order valence-corrected chi connectivity index (χ4v) is 4.81. The molecule has 0 bridgehead atoms. The number of carbonyl (C=O) groups is 1. The molecule has 0 N–H and O–H groups in total. The molecule has 6 heteroatoms. The summed E-state index contributed by atoms with van der Waals surface area (Å²) in [6, 6.07) is 0.916. The molecule has 1 saturated heterocycles. The van der Waals surface area contributed by atoms with E-state index in [0.717, 1.165) is 19.0 Å². The lowest BCUT2D eigenvalue weighted by Gasteiger charge is -2.30. The van der Waals surface area contributed by atoms with Crippen molar-refractivity contribution in [2.45, 2.75) is 19.4 Å². The first-order valence-corrected chi connectivity index (χ1v) is 7.16. The highest BCUT2D eigenvalue weighted by Crippen LogP contribution is 2.26. The predicted octanol–water partition coefficient (Wildman–Crippen LogP) is 0.487. The van der Waals surface area contributed by atoms with Crippen LogP contribution in [0.25, 0.3) is 0 Å². The van der Waals surface area contributed by atoms with Gasteiger partial charge in [0.15, 0.2) is 0 Å². The van der Waals surface area contributed by atoms with Crippen LogP contribution < -0.4 is 0 Å². The van der Waals surface area contributed by atoms with Gasteiger partial charge in [-0.1, -0.05) is 0 Å². The zero-order valence-electron chi connectivity index (χ0n) is 9.62. The second-order valence-electron chi connectivity index (χ2n) is 3.45. The normalized spacial score (nSPS) is 20.5. The van der Waals surface area contributed by atoms with Gasteiger partial charge < -0.3 is 13.6 Å². The van der Waals surface area contributed by atoms with Crippen LogP contribution >= 0.6 is 0 Å². The molecule has 1 rings (SSSR count). The maximum atomic E-state index is 11.4. The van der Waals surface area contributed by atoms with E-state index in [2.05, 4.69) is 0 Å². The molecule has 5 nitrogen and oxygen atoms in total. The molecule has 0 atom stereocenters. The summed E-state index contributed by atoms with van der Waals surface area (Å²) in [5.41, 5.74) is 0. The van der Waals surface area contributed by atoms with Gasteiger partial charge in [-0.05, 0) is 19.9 Å². The first kappa shape index (κ1) is 12.6. The number of ether oxygens (including phenoxy) is 1. The SMILES string of the molecule is CCOC(=O)CN1CCC[Si]1(OC)OC. The molecule has 0 aromatic heterocycles. The summed E-state index contributed by atoms with van der Waals surface area (Å²) < 4.78 is 17.9. The number of esters is 1.